The predicted octanol–water partition coefficient (Wildman–Crippen LogP) is 5.11. The molecule has 2 aliphatic rings. The van der Waals surface area contributed by atoms with Crippen LogP contribution in [0.5, 0.6) is 0 Å². The minimum absolute atomic E-state index is 0.0727. The first kappa shape index (κ1) is 20.4. The SMILES string of the molecule is CN(C)C(=O)c1sc2ccccc2c1C[C@H]1CCCCCN1C(=O)C1CCCC1. The molecule has 156 valence electrons. The highest BCUT2D eigenvalue weighted by Gasteiger charge is 2.33. The summed E-state index contributed by atoms with van der Waals surface area (Å²) in [5.74, 6) is 0.663. The lowest BCUT2D eigenvalue weighted by atomic mass is 9.96. The number of carbonyl (C=O) groups excluding carboxylic acids is 2. The lowest BCUT2D eigenvalue weighted by Crippen LogP contribution is -2.44. The lowest BCUT2D eigenvalue weighted by molar-refractivity contribution is -0.137. The number of rotatable bonds is 4. The summed E-state index contributed by atoms with van der Waals surface area (Å²) in [4.78, 5) is 31.0. The zero-order chi connectivity index (χ0) is 20.4. The molecule has 0 bridgehead atoms. The number of hydrogen-bond acceptors (Lipinski definition) is 3. The molecular formula is C24H32N2O2S. The third-order valence-corrected chi connectivity index (χ3v) is 7.80. The Kier molecular flexibility index (Phi) is 6.23. The van der Waals surface area contributed by atoms with Gasteiger partial charge in [0.1, 0.15) is 0 Å². The average molecular weight is 413 g/mol. The van der Waals surface area contributed by atoms with Crippen molar-refractivity contribution >= 4 is 33.2 Å². The number of amides is 2. The van der Waals surface area contributed by atoms with Crippen LogP contribution in [-0.2, 0) is 11.2 Å². The summed E-state index contributed by atoms with van der Waals surface area (Å²) in [5, 5.41) is 1.18. The highest BCUT2D eigenvalue weighted by Crippen LogP contribution is 2.36. The molecule has 0 unspecified atom stereocenters. The van der Waals surface area contributed by atoms with Crippen LogP contribution in [0, 0.1) is 5.92 Å². The van der Waals surface area contributed by atoms with E-state index in [1.165, 1.54) is 24.6 Å². The molecule has 1 saturated heterocycles. The van der Waals surface area contributed by atoms with Gasteiger partial charge in [-0.1, -0.05) is 43.9 Å². The van der Waals surface area contributed by atoms with E-state index in [1.807, 2.05) is 20.2 Å². The quantitative estimate of drug-likeness (QED) is 0.700. The van der Waals surface area contributed by atoms with Crippen molar-refractivity contribution in [2.75, 3.05) is 20.6 Å². The highest BCUT2D eigenvalue weighted by molar-refractivity contribution is 7.21. The Balaban J connectivity index is 1.68. The number of nitrogens with zero attached hydrogens (tertiary/aromatic N) is 2. The van der Waals surface area contributed by atoms with Crippen LogP contribution in [0.15, 0.2) is 24.3 Å². The van der Waals surface area contributed by atoms with Crippen LogP contribution in [0.3, 0.4) is 0 Å². The fraction of sp³-hybridized carbons (Fsp3) is 0.583. The predicted molar refractivity (Wildman–Crippen MR) is 119 cm³/mol. The van der Waals surface area contributed by atoms with E-state index in [2.05, 4.69) is 23.1 Å². The van der Waals surface area contributed by atoms with Gasteiger partial charge < -0.3 is 9.80 Å². The summed E-state index contributed by atoms with van der Waals surface area (Å²) in [6, 6.07) is 8.53. The van der Waals surface area contributed by atoms with Crippen LogP contribution in [0.2, 0.25) is 0 Å². The molecule has 4 nitrogen and oxygen atoms in total. The fourth-order valence-corrected chi connectivity index (χ4v) is 6.25. The Bertz CT molecular complexity index is 882. The number of carbonyl (C=O) groups is 2. The number of fused-ring (bicyclic) bond motifs is 1. The first-order chi connectivity index (χ1) is 14.1. The first-order valence-electron chi connectivity index (χ1n) is 11.1. The molecule has 2 fully saturated rings. The van der Waals surface area contributed by atoms with Gasteiger partial charge in [0.05, 0.1) is 4.88 Å². The Labute approximate surface area is 177 Å². The summed E-state index contributed by atoms with van der Waals surface area (Å²) >= 11 is 1.59. The van der Waals surface area contributed by atoms with E-state index in [0.717, 1.165) is 60.2 Å². The zero-order valence-corrected chi connectivity index (χ0v) is 18.5. The number of thiophene rings is 1. The summed E-state index contributed by atoms with van der Waals surface area (Å²) in [6.07, 6.45) is 9.76. The second kappa shape index (κ2) is 8.86. The second-order valence-corrected chi connectivity index (χ2v) is 9.88. The van der Waals surface area contributed by atoms with Gasteiger partial charge in [-0.05, 0) is 49.1 Å². The number of likely N-dealkylation sites (tertiary alicyclic amines) is 1. The van der Waals surface area contributed by atoms with Gasteiger partial charge in [-0.25, -0.2) is 0 Å². The second-order valence-electron chi connectivity index (χ2n) is 8.83. The molecule has 5 heteroatoms. The van der Waals surface area contributed by atoms with Crippen molar-refractivity contribution in [1.29, 1.82) is 0 Å². The van der Waals surface area contributed by atoms with E-state index in [-0.39, 0.29) is 17.9 Å². The zero-order valence-electron chi connectivity index (χ0n) is 17.7. The summed E-state index contributed by atoms with van der Waals surface area (Å²) in [5.41, 5.74) is 1.14. The van der Waals surface area contributed by atoms with E-state index in [4.69, 9.17) is 0 Å². The first-order valence-corrected chi connectivity index (χ1v) is 11.9. The molecule has 1 atom stereocenters. The molecule has 29 heavy (non-hydrogen) atoms. The molecule has 2 aromatic rings. The van der Waals surface area contributed by atoms with E-state index >= 15 is 0 Å². The van der Waals surface area contributed by atoms with Crippen LogP contribution in [0.1, 0.15) is 66.6 Å². The maximum atomic E-state index is 13.3. The van der Waals surface area contributed by atoms with Crippen LogP contribution in [-0.4, -0.2) is 48.3 Å². The van der Waals surface area contributed by atoms with E-state index in [1.54, 1.807) is 16.2 Å². The van der Waals surface area contributed by atoms with Gasteiger partial charge in [0.15, 0.2) is 0 Å². The molecule has 2 amide bonds. The molecule has 0 N–H and O–H groups in total. The smallest absolute Gasteiger partial charge is 0.263 e. The molecular weight excluding hydrogens is 380 g/mol. The van der Waals surface area contributed by atoms with Crippen molar-refractivity contribution in [3.8, 4) is 0 Å². The normalized spacial score (nSPS) is 20.8. The van der Waals surface area contributed by atoms with Crippen LogP contribution >= 0.6 is 11.3 Å². The Morgan fingerprint density at radius 3 is 2.52 bits per heavy atom. The van der Waals surface area contributed by atoms with Gasteiger partial charge >= 0.3 is 0 Å². The van der Waals surface area contributed by atoms with Gasteiger partial charge in [-0.3, -0.25) is 9.59 Å². The van der Waals surface area contributed by atoms with Crippen LogP contribution < -0.4 is 0 Å². The van der Waals surface area contributed by atoms with Gasteiger partial charge in [-0.15, -0.1) is 11.3 Å². The highest BCUT2D eigenvalue weighted by atomic mass is 32.1. The number of benzene rings is 1. The van der Waals surface area contributed by atoms with Gasteiger partial charge in [0, 0.05) is 37.3 Å². The minimum Gasteiger partial charge on any atom is -0.344 e. The lowest BCUT2D eigenvalue weighted by Gasteiger charge is -2.32. The molecule has 1 aliphatic heterocycles. The Morgan fingerprint density at radius 2 is 1.76 bits per heavy atom. The van der Waals surface area contributed by atoms with Crippen molar-refractivity contribution < 1.29 is 9.59 Å². The van der Waals surface area contributed by atoms with Crippen LogP contribution in [0.4, 0.5) is 0 Å². The standard InChI is InChI=1S/C24H32N2O2S/c1-25(2)24(28)22-20(19-13-7-8-14-21(19)29-22)16-18-12-4-3-9-15-26(18)23(27)17-10-5-6-11-17/h7-8,13-14,17-18H,3-6,9-12,15-16H2,1-2H3/t18-/m1/s1. The topological polar surface area (TPSA) is 40.6 Å². The van der Waals surface area contributed by atoms with E-state index in [0.29, 0.717) is 5.91 Å². The molecule has 0 radical (unpaired) electrons. The van der Waals surface area contributed by atoms with Gasteiger partial charge in [0.25, 0.3) is 5.91 Å². The van der Waals surface area contributed by atoms with E-state index < -0.39 is 0 Å². The molecule has 1 saturated carbocycles. The molecule has 4 rings (SSSR count). The monoisotopic (exact) mass is 412 g/mol. The Morgan fingerprint density at radius 1 is 1.03 bits per heavy atom. The molecule has 1 aromatic heterocycles. The minimum atomic E-state index is 0.0727. The number of hydrogen-bond donors (Lipinski definition) is 0. The molecule has 1 aromatic carbocycles. The maximum Gasteiger partial charge on any atom is 0.263 e. The summed E-state index contributed by atoms with van der Waals surface area (Å²) in [6.45, 7) is 0.874. The molecule has 2 heterocycles. The maximum absolute atomic E-state index is 13.3. The molecule has 1 aliphatic carbocycles. The fourth-order valence-electron chi connectivity index (χ4n) is 5.00. The van der Waals surface area contributed by atoms with Crippen molar-refractivity contribution in [1.82, 2.24) is 9.80 Å². The largest absolute Gasteiger partial charge is 0.344 e. The third kappa shape index (κ3) is 4.20. The van der Waals surface area contributed by atoms with Gasteiger partial charge in [0.2, 0.25) is 5.91 Å². The van der Waals surface area contributed by atoms with Crippen molar-refractivity contribution in [3.05, 3.63) is 34.7 Å². The van der Waals surface area contributed by atoms with E-state index in [9.17, 15) is 9.59 Å². The van der Waals surface area contributed by atoms with Crippen molar-refractivity contribution in [3.63, 3.8) is 0 Å². The Hall–Kier alpha value is -1.88. The van der Waals surface area contributed by atoms with Crippen LogP contribution in [0.25, 0.3) is 10.1 Å². The summed E-state index contributed by atoms with van der Waals surface area (Å²) < 4.78 is 1.16. The summed E-state index contributed by atoms with van der Waals surface area (Å²) in [7, 11) is 3.64. The molecule has 0 spiro atoms. The van der Waals surface area contributed by atoms with Gasteiger partial charge in [-0.2, -0.15) is 0 Å². The third-order valence-electron chi connectivity index (χ3n) is 6.60. The average Bonchev–Trinajstić information content (AvgIpc) is 3.31. The van der Waals surface area contributed by atoms with Crippen molar-refractivity contribution in [2.24, 2.45) is 5.92 Å². The van der Waals surface area contributed by atoms with Crippen molar-refractivity contribution in [2.45, 2.75) is 63.8 Å².